The Morgan fingerprint density at radius 2 is 1.82 bits per heavy atom. The van der Waals surface area contributed by atoms with Gasteiger partial charge in [0.25, 0.3) is 5.91 Å². The molecule has 1 heterocycles. The van der Waals surface area contributed by atoms with Crippen molar-refractivity contribution in [3.63, 3.8) is 0 Å². The van der Waals surface area contributed by atoms with E-state index in [2.05, 4.69) is 9.73 Å². The van der Waals surface area contributed by atoms with Gasteiger partial charge in [-0.2, -0.15) is 0 Å². The van der Waals surface area contributed by atoms with Crippen molar-refractivity contribution in [3.8, 4) is 11.5 Å². The molecule has 2 aromatic carbocycles. The predicted molar refractivity (Wildman–Crippen MR) is 128 cm³/mol. The molecule has 178 valence electrons. The van der Waals surface area contributed by atoms with Gasteiger partial charge in [-0.1, -0.05) is 6.07 Å². The zero-order valence-corrected chi connectivity index (χ0v) is 20.0. The maximum atomic E-state index is 12.7. The fraction of sp³-hybridized carbons (Fsp3) is 0.250. The molecule has 1 fully saturated rings. The SMILES string of the molecule is CCOC(=O)c1ccc(N=C2S/C(=C/c3ccc(OCC(=O)OC)c(OC)c3)C(=O)N2C)cc1. The van der Waals surface area contributed by atoms with Crippen molar-refractivity contribution < 1.29 is 33.3 Å². The summed E-state index contributed by atoms with van der Waals surface area (Å²) in [7, 11) is 4.41. The van der Waals surface area contributed by atoms with Gasteiger partial charge in [0.15, 0.2) is 23.3 Å². The fourth-order valence-electron chi connectivity index (χ4n) is 2.89. The Bertz CT molecular complexity index is 1140. The van der Waals surface area contributed by atoms with Crippen molar-refractivity contribution in [2.24, 2.45) is 4.99 Å². The number of carbonyl (C=O) groups is 3. The number of aliphatic imine (C=N–C) groups is 1. The summed E-state index contributed by atoms with van der Waals surface area (Å²) in [6, 6.07) is 11.8. The maximum absolute atomic E-state index is 12.7. The van der Waals surface area contributed by atoms with Gasteiger partial charge in [0, 0.05) is 7.05 Å². The summed E-state index contributed by atoms with van der Waals surface area (Å²) in [6.45, 7) is 1.81. The standard InChI is InChI=1S/C24H24N2O7S/c1-5-32-23(29)16-7-9-17(10-8-16)25-24-26(2)22(28)20(34-24)13-15-6-11-18(19(12-15)30-3)33-14-21(27)31-4/h6-13H,5,14H2,1-4H3/b20-13+,25-24?. The summed E-state index contributed by atoms with van der Waals surface area (Å²) in [5, 5.41) is 0.505. The van der Waals surface area contributed by atoms with E-state index < -0.39 is 11.9 Å². The van der Waals surface area contributed by atoms with E-state index in [0.717, 1.165) is 0 Å². The van der Waals surface area contributed by atoms with Gasteiger partial charge in [0.2, 0.25) is 0 Å². The highest BCUT2D eigenvalue weighted by atomic mass is 32.2. The maximum Gasteiger partial charge on any atom is 0.343 e. The quantitative estimate of drug-likeness (QED) is 0.413. The highest BCUT2D eigenvalue weighted by Crippen LogP contribution is 2.35. The average Bonchev–Trinajstić information content (AvgIpc) is 3.10. The molecule has 1 aliphatic heterocycles. The van der Waals surface area contributed by atoms with Crippen LogP contribution in [0.25, 0.3) is 6.08 Å². The van der Waals surface area contributed by atoms with Crippen molar-refractivity contribution in [1.82, 2.24) is 4.90 Å². The molecule has 1 amide bonds. The number of carbonyl (C=O) groups excluding carboxylic acids is 3. The Hall–Kier alpha value is -3.79. The molecule has 9 nitrogen and oxygen atoms in total. The van der Waals surface area contributed by atoms with Gasteiger partial charge in [-0.3, -0.25) is 9.69 Å². The number of amides is 1. The molecule has 0 aliphatic carbocycles. The van der Waals surface area contributed by atoms with Crippen LogP contribution in [0.3, 0.4) is 0 Å². The second-order valence-corrected chi connectivity index (χ2v) is 7.92. The van der Waals surface area contributed by atoms with E-state index in [1.54, 1.807) is 62.5 Å². The van der Waals surface area contributed by atoms with Crippen molar-refractivity contribution in [3.05, 3.63) is 58.5 Å². The largest absolute Gasteiger partial charge is 0.493 e. The first kappa shape index (κ1) is 24.8. The lowest BCUT2D eigenvalue weighted by molar-refractivity contribution is -0.142. The van der Waals surface area contributed by atoms with Crippen LogP contribution in [0.5, 0.6) is 11.5 Å². The fourth-order valence-corrected chi connectivity index (χ4v) is 3.88. The first-order valence-corrected chi connectivity index (χ1v) is 11.1. The number of nitrogens with zero attached hydrogens (tertiary/aromatic N) is 2. The number of esters is 2. The molecule has 1 saturated heterocycles. The molecule has 0 N–H and O–H groups in total. The summed E-state index contributed by atoms with van der Waals surface area (Å²) in [6.07, 6.45) is 1.72. The number of benzene rings is 2. The Morgan fingerprint density at radius 3 is 2.47 bits per heavy atom. The molecule has 2 aromatic rings. The number of ether oxygens (including phenoxy) is 4. The Balaban J connectivity index is 1.77. The highest BCUT2D eigenvalue weighted by molar-refractivity contribution is 8.18. The van der Waals surface area contributed by atoms with Crippen LogP contribution in [-0.2, 0) is 19.1 Å². The smallest absolute Gasteiger partial charge is 0.343 e. The third-order valence-corrected chi connectivity index (χ3v) is 5.73. The van der Waals surface area contributed by atoms with Gasteiger partial charge in [0.1, 0.15) is 0 Å². The molecule has 0 radical (unpaired) electrons. The zero-order chi connectivity index (χ0) is 24.7. The number of methoxy groups -OCH3 is 2. The Kier molecular flexibility index (Phi) is 8.31. The third kappa shape index (κ3) is 5.96. The third-order valence-electron chi connectivity index (χ3n) is 4.67. The minimum absolute atomic E-state index is 0.197. The van der Waals surface area contributed by atoms with Gasteiger partial charge in [0.05, 0.1) is 37.0 Å². The zero-order valence-electron chi connectivity index (χ0n) is 19.2. The van der Waals surface area contributed by atoms with E-state index in [0.29, 0.717) is 45.0 Å². The van der Waals surface area contributed by atoms with Gasteiger partial charge in [-0.15, -0.1) is 0 Å². The van der Waals surface area contributed by atoms with E-state index in [1.807, 2.05) is 0 Å². The number of amidine groups is 1. The first-order valence-electron chi connectivity index (χ1n) is 10.3. The number of hydrogen-bond acceptors (Lipinski definition) is 9. The van der Waals surface area contributed by atoms with E-state index in [-0.39, 0.29) is 12.5 Å². The number of rotatable bonds is 8. The lowest BCUT2D eigenvalue weighted by atomic mass is 10.2. The Morgan fingerprint density at radius 1 is 1.09 bits per heavy atom. The van der Waals surface area contributed by atoms with E-state index in [1.165, 1.54) is 30.9 Å². The minimum Gasteiger partial charge on any atom is -0.493 e. The second kappa shape index (κ2) is 11.4. The molecule has 0 aromatic heterocycles. The van der Waals surface area contributed by atoms with Crippen molar-refractivity contribution in [2.45, 2.75) is 6.92 Å². The topological polar surface area (TPSA) is 104 Å². The highest BCUT2D eigenvalue weighted by Gasteiger charge is 2.30. The lowest BCUT2D eigenvalue weighted by Crippen LogP contribution is -2.23. The summed E-state index contributed by atoms with van der Waals surface area (Å²) in [5.41, 5.74) is 1.75. The monoisotopic (exact) mass is 484 g/mol. The van der Waals surface area contributed by atoms with Crippen LogP contribution in [0.4, 0.5) is 5.69 Å². The molecule has 1 aliphatic rings. The van der Waals surface area contributed by atoms with Gasteiger partial charge < -0.3 is 18.9 Å². The minimum atomic E-state index is -0.508. The van der Waals surface area contributed by atoms with E-state index in [9.17, 15) is 14.4 Å². The van der Waals surface area contributed by atoms with Crippen LogP contribution in [-0.4, -0.2) is 62.4 Å². The van der Waals surface area contributed by atoms with Gasteiger partial charge in [-0.05, 0) is 66.7 Å². The summed E-state index contributed by atoms with van der Waals surface area (Å²) >= 11 is 1.23. The van der Waals surface area contributed by atoms with Gasteiger partial charge in [-0.25, -0.2) is 14.6 Å². The number of hydrogen-bond donors (Lipinski definition) is 0. The van der Waals surface area contributed by atoms with Crippen LogP contribution in [0, 0.1) is 0 Å². The van der Waals surface area contributed by atoms with Crippen LogP contribution in [0.15, 0.2) is 52.4 Å². The average molecular weight is 485 g/mol. The normalized spacial score (nSPS) is 15.5. The molecule has 0 saturated carbocycles. The summed E-state index contributed by atoms with van der Waals surface area (Å²) in [5.74, 6) is -0.307. The lowest BCUT2D eigenvalue weighted by Gasteiger charge is -2.10. The molecule has 0 spiro atoms. The molecule has 10 heteroatoms. The first-order chi connectivity index (χ1) is 16.4. The van der Waals surface area contributed by atoms with Crippen molar-refractivity contribution in [2.75, 3.05) is 34.5 Å². The second-order valence-electron chi connectivity index (χ2n) is 6.91. The molecular weight excluding hydrogens is 460 g/mol. The Labute approximate surface area is 201 Å². The predicted octanol–water partition coefficient (Wildman–Crippen LogP) is 3.66. The molecule has 3 rings (SSSR count). The molecular formula is C24H24N2O7S. The number of likely N-dealkylation sites (N-methyl/N-ethyl adjacent to an activating group) is 1. The van der Waals surface area contributed by atoms with Crippen LogP contribution in [0.1, 0.15) is 22.8 Å². The van der Waals surface area contributed by atoms with E-state index in [4.69, 9.17) is 14.2 Å². The number of thioether (sulfide) groups is 1. The molecule has 0 bridgehead atoms. The molecule has 0 atom stereocenters. The molecule has 34 heavy (non-hydrogen) atoms. The van der Waals surface area contributed by atoms with Gasteiger partial charge >= 0.3 is 11.9 Å². The summed E-state index contributed by atoms with van der Waals surface area (Å²) in [4.78, 5) is 42.3. The van der Waals surface area contributed by atoms with E-state index >= 15 is 0 Å². The van der Waals surface area contributed by atoms with Crippen molar-refractivity contribution in [1.29, 1.82) is 0 Å². The van der Waals surface area contributed by atoms with Crippen LogP contribution in [0.2, 0.25) is 0 Å². The van der Waals surface area contributed by atoms with Crippen LogP contribution >= 0.6 is 11.8 Å². The van der Waals surface area contributed by atoms with Crippen molar-refractivity contribution >= 4 is 46.5 Å². The molecule has 0 unspecified atom stereocenters. The van der Waals surface area contributed by atoms with Crippen LogP contribution < -0.4 is 9.47 Å². The summed E-state index contributed by atoms with van der Waals surface area (Å²) < 4.78 is 20.3.